The number of amides is 1. The summed E-state index contributed by atoms with van der Waals surface area (Å²) in [6.07, 6.45) is 5.84. The van der Waals surface area contributed by atoms with Gasteiger partial charge in [-0.3, -0.25) is 4.79 Å². The van der Waals surface area contributed by atoms with E-state index in [1.807, 2.05) is 12.1 Å². The van der Waals surface area contributed by atoms with Gasteiger partial charge in [-0.2, -0.15) is 0 Å². The summed E-state index contributed by atoms with van der Waals surface area (Å²) in [4.78, 5) is 16.6. The van der Waals surface area contributed by atoms with Crippen molar-refractivity contribution in [2.75, 3.05) is 6.54 Å². The summed E-state index contributed by atoms with van der Waals surface area (Å²) in [6.45, 7) is 0.480. The first-order valence-corrected chi connectivity index (χ1v) is 8.19. The lowest BCUT2D eigenvalue weighted by molar-refractivity contribution is -0.122. The Bertz CT molecular complexity index is 675. The predicted molar refractivity (Wildman–Crippen MR) is 89.0 cm³/mol. The lowest BCUT2D eigenvalue weighted by atomic mass is 9.97. The van der Waals surface area contributed by atoms with Crippen molar-refractivity contribution in [2.45, 2.75) is 37.6 Å². The van der Waals surface area contributed by atoms with E-state index in [1.165, 1.54) is 6.26 Å². The van der Waals surface area contributed by atoms with E-state index in [1.54, 1.807) is 12.1 Å². The first-order chi connectivity index (χ1) is 11.1. The molecule has 0 aliphatic heterocycles. The number of halogens is 1. The van der Waals surface area contributed by atoms with Crippen molar-refractivity contribution in [1.82, 2.24) is 10.3 Å². The van der Waals surface area contributed by atoms with Gasteiger partial charge >= 0.3 is 0 Å². The number of rotatable bonds is 5. The fourth-order valence-electron chi connectivity index (χ4n) is 3.05. The minimum atomic E-state index is -0.236. The zero-order valence-electron chi connectivity index (χ0n) is 12.8. The van der Waals surface area contributed by atoms with Gasteiger partial charge in [-0.05, 0) is 37.1 Å². The number of nitrogens with one attached hydrogen (secondary N) is 1. The lowest BCUT2D eigenvalue weighted by Crippen LogP contribution is -2.52. The van der Waals surface area contributed by atoms with E-state index < -0.39 is 0 Å². The molecule has 3 N–H and O–H groups in total. The Kier molecular flexibility index (Phi) is 4.68. The van der Waals surface area contributed by atoms with Crippen LogP contribution in [0.25, 0.3) is 11.5 Å². The SMILES string of the molecule is NCC1(NC(=O)Cc2coc(-c3ccc(Cl)cc3)n2)CCCC1. The Morgan fingerprint density at radius 2 is 2.00 bits per heavy atom. The molecule has 6 heteroatoms. The van der Waals surface area contributed by atoms with Crippen LogP contribution in [0.1, 0.15) is 31.4 Å². The minimum Gasteiger partial charge on any atom is -0.444 e. The van der Waals surface area contributed by atoms with Crippen molar-refractivity contribution in [1.29, 1.82) is 0 Å². The quantitative estimate of drug-likeness (QED) is 0.881. The van der Waals surface area contributed by atoms with E-state index in [2.05, 4.69) is 10.3 Å². The van der Waals surface area contributed by atoms with Gasteiger partial charge in [-0.15, -0.1) is 0 Å². The first-order valence-electron chi connectivity index (χ1n) is 7.82. The summed E-state index contributed by atoms with van der Waals surface area (Å²) in [6, 6.07) is 7.22. The molecule has 1 amide bonds. The van der Waals surface area contributed by atoms with Crippen molar-refractivity contribution < 1.29 is 9.21 Å². The maximum Gasteiger partial charge on any atom is 0.226 e. The molecule has 2 aromatic rings. The van der Waals surface area contributed by atoms with E-state index in [9.17, 15) is 4.79 Å². The topological polar surface area (TPSA) is 81.1 Å². The van der Waals surface area contributed by atoms with E-state index in [-0.39, 0.29) is 17.9 Å². The normalized spacial score (nSPS) is 16.4. The Labute approximate surface area is 140 Å². The molecule has 0 atom stereocenters. The molecule has 1 aliphatic rings. The van der Waals surface area contributed by atoms with Gasteiger partial charge in [0.05, 0.1) is 17.7 Å². The largest absolute Gasteiger partial charge is 0.444 e. The third kappa shape index (κ3) is 3.74. The van der Waals surface area contributed by atoms with Crippen LogP contribution in [0.2, 0.25) is 5.02 Å². The van der Waals surface area contributed by atoms with Gasteiger partial charge in [0.2, 0.25) is 11.8 Å². The van der Waals surface area contributed by atoms with Gasteiger partial charge in [-0.1, -0.05) is 24.4 Å². The van der Waals surface area contributed by atoms with E-state index in [4.69, 9.17) is 21.8 Å². The number of nitrogens with zero attached hydrogens (tertiary/aromatic N) is 1. The second kappa shape index (κ2) is 6.72. The highest BCUT2D eigenvalue weighted by molar-refractivity contribution is 6.30. The molecular formula is C17H20ClN3O2. The maximum absolute atomic E-state index is 12.3. The van der Waals surface area contributed by atoms with Crippen molar-refractivity contribution in [3.05, 3.63) is 41.2 Å². The number of carbonyl (C=O) groups excluding carboxylic acids is 1. The predicted octanol–water partition coefficient (Wildman–Crippen LogP) is 2.93. The number of hydrogen-bond acceptors (Lipinski definition) is 4. The Balaban J connectivity index is 1.64. The fraction of sp³-hybridized carbons (Fsp3) is 0.412. The van der Waals surface area contributed by atoms with Crippen LogP contribution in [-0.4, -0.2) is 23.0 Å². The molecule has 1 aromatic heterocycles. The Hall–Kier alpha value is -1.85. The molecule has 0 unspecified atom stereocenters. The molecule has 122 valence electrons. The van der Waals surface area contributed by atoms with E-state index in [0.717, 1.165) is 31.2 Å². The molecule has 5 nitrogen and oxygen atoms in total. The van der Waals surface area contributed by atoms with Crippen LogP contribution in [0, 0.1) is 0 Å². The van der Waals surface area contributed by atoms with Crippen molar-refractivity contribution in [3.8, 4) is 11.5 Å². The van der Waals surface area contributed by atoms with Gasteiger partial charge in [0, 0.05) is 17.1 Å². The van der Waals surface area contributed by atoms with Crippen LogP contribution in [0.4, 0.5) is 0 Å². The molecule has 1 aliphatic carbocycles. The summed E-state index contributed by atoms with van der Waals surface area (Å²) < 4.78 is 5.45. The van der Waals surface area contributed by atoms with Gasteiger partial charge in [0.25, 0.3) is 0 Å². The van der Waals surface area contributed by atoms with Crippen LogP contribution in [0.5, 0.6) is 0 Å². The third-order valence-corrected chi connectivity index (χ3v) is 4.59. The van der Waals surface area contributed by atoms with Crippen LogP contribution in [0.3, 0.4) is 0 Å². The van der Waals surface area contributed by atoms with Crippen LogP contribution >= 0.6 is 11.6 Å². The molecule has 1 aromatic carbocycles. The summed E-state index contributed by atoms with van der Waals surface area (Å²) >= 11 is 5.87. The van der Waals surface area contributed by atoms with Gasteiger partial charge in [-0.25, -0.2) is 4.98 Å². The van der Waals surface area contributed by atoms with Gasteiger partial charge in [0.15, 0.2) is 0 Å². The molecular weight excluding hydrogens is 314 g/mol. The monoisotopic (exact) mass is 333 g/mol. The summed E-state index contributed by atoms with van der Waals surface area (Å²) in [7, 11) is 0. The molecule has 3 rings (SSSR count). The van der Waals surface area contributed by atoms with Crippen molar-refractivity contribution in [3.63, 3.8) is 0 Å². The average molecular weight is 334 g/mol. The standard InChI is InChI=1S/C17H20ClN3O2/c18-13-5-3-12(4-6-13)16-20-14(10-23-16)9-15(22)21-17(11-19)7-1-2-8-17/h3-6,10H,1-2,7-9,11,19H2,(H,21,22). The minimum absolute atomic E-state index is 0.0618. The summed E-state index contributed by atoms with van der Waals surface area (Å²) in [5, 5.41) is 3.74. The molecule has 0 bridgehead atoms. The van der Waals surface area contributed by atoms with Crippen LogP contribution in [-0.2, 0) is 11.2 Å². The zero-order valence-corrected chi connectivity index (χ0v) is 13.6. The molecule has 1 heterocycles. The second-order valence-electron chi connectivity index (χ2n) is 6.07. The number of hydrogen-bond donors (Lipinski definition) is 2. The molecule has 23 heavy (non-hydrogen) atoms. The smallest absolute Gasteiger partial charge is 0.226 e. The van der Waals surface area contributed by atoms with E-state index >= 15 is 0 Å². The molecule has 1 fully saturated rings. The molecule has 0 radical (unpaired) electrons. The third-order valence-electron chi connectivity index (χ3n) is 4.34. The summed E-state index contributed by atoms with van der Waals surface area (Å²) in [5.41, 5.74) is 7.04. The van der Waals surface area contributed by atoms with Crippen LogP contribution in [0.15, 0.2) is 34.9 Å². The van der Waals surface area contributed by atoms with Gasteiger partial charge < -0.3 is 15.5 Å². The molecule has 1 saturated carbocycles. The average Bonchev–Trinajstić information content (AvgIpc) is 3.18. The highest BCUT2D eigenvalue weighted by atomic mass is 35.5. The van der Waals surface area contributed by atoms with Crippen LogP contribution < -0.4 is 11.1 Å². The lowest BCUT2D eigenvalue weighted by Gasteiger charge is -2.28. The molecule has 0 saturated heterocycles. The number of aromatic nitrogens is 1. The van der Waals surface area contributed by atoms with Crippen molar-refractivity contribution >= 4 is 17.5 Å². The number of oxazole rings is 1. The van der Waals surface area contributed by atoms with Crippen molar-refractivity contribution in [2.24, 2.45) is 5.73 Å². The number of carbonyl (C=O) groups is 1. The fourth-order valence-corrected chi connectivity index (χ4v) is 3.18. The number of benzene rings is 1. The Morgan fingerprint density at radius 3 is 2.65 bits per heavy atom. The number of nitrogens with two attached hydrogens (primary N) is 1. The zero-order chi connectivity index (χ0) is 16.3. The van der Waals surface area contributed by atoms with Gasteiger partial charge in [0.1, 0.15) is 6.26 Å². The first kappa shape index (κ1) is 16.0. The second-order valence-corrected chi connectivity index (χ2v) is 6.50. The van der Waals surface area contributed by atoms with E-state index in [0.29, 0.717) is 23.2 Å². The Morgan fingerprint density at radius 1 is 1.30 bits per heavy atom. The highest BCUT2D eigenvalue weighted by Gasteiger charge is 2.33. The summed E-state index contributed by atoms with van der Waals surface area (Å²) in [5.74, 6) is 0.423. The maximum atomic E-state index is 12.3. The highest BCUT2D eigenvalue weighted by Crippen LogP contribution is 2.28. The molecule has 0 spiro atoms.